The molecule has 2 aromatic rings. The summed E-state index contributed by atoms with van der Waals surface area (Å²) in [5, 5.41) is 18.7. The van der Waals surface area contributed by atoms with Gasteiger partial charge in [-0.05, 0) is 24.3 Å². The highest BCUT2D eigenvalue weighted by molar-refractivity contribution is 6.30. The van der Waals surface area contributed by atoms with Crippen molar-refractivity contribution in [2.24, 2.45) is 5.92 Å². The molecule has 26 heavy (non-hydrogen) atoms. The first-order valence-electron chi connectivity index (χ1n) is 8.09. The Hall–Kier alpha value is -2.55. The van der Waals surface area contributed by atoms with Crippen LogP contribution < -0.4 is 16.0 Å². The Morgan fingerprint density at radius 1 is 1.12 bits per heavy atom. The molecule has 0 radical (unpaired) electrons. The number of amides is 2. The van der Waals surface area contributed by atoms with Gasteiger partial charge in [-0.3, -0.25) is 9.59 Å². The number of rotatable bonds is 5. The molecule has 2 amide bonds. The first-order valence-corrected chi connectivity index (χ1v) is 8.47. The minimum Gasteiger partial charge on any atom is -0.391 e. The van der Waals surface area contributed by atoms with Gasteiger partial charge in [0.25, 0.3) is 11.8 Å². The van der Waals surface area contributed by atoms with Gasteiger partial charge in [0, 0.05) is 48.7 Å². The number of carbonyl (C=O) groups is 2. The van der Waals surface area contributed by atoms with E-state index in [1.807, 2.05) is 0 Å². The topological polar surface area (TPSA) is 116 Å². The minimum absolute atomic E-state index is 0.0700. The number of nitrogens with one attached hydrogen (secondary N) is 3. The molecule has 1 aliphatic rings. The Labute approximate surface area is 155 Å². The molecule has 1 aromatic carbocycles. The summed E-state index contributed by atoms with van der Waals surface area (Å²) in [5.41, 5.74) is 0.376. The minimum atomic E-state index is -0.548. The average Bonchev–Trinajstić information content (AvgIpc) is 3.06. The second-order valence-corrected chi connectivity index (χ2v) is 6.35. The normalized spacial score (nSPS) is 19.2. The summed E-state index contributed by atoms with van der Waals surface area (Å²) < 4.78 is 0. The fourth-order valence-corrected chi connectivity index (χ4v) is 2.75. The molecule has 0 saturated carbocycles. The summed E-state index contributed by atoms with van der Waals surface area (Å²) in [5.74, 6) is -1.14. The van der Waals surface area contributed by atoms with Crippen molar-refractivity contribution >= 4 is 29.1 Å². The molecule has 9 heteroatoms. The third kappa shape index (κ3) is 4.34. The van der Waals surface area contributed by atoms with Gasteiger partial charge >= 0.3 is 0 Å². The molecule has 1 aromatic heterocycles. The van der Waals surface area contributed by atoms with Crippen LogP contribution in [0.5, 0.6) is 0 Å². The van der Waals surface area contributed by atoms with Gasteiger partial charge < -0.3 is 21.1 Å². The van der Waals surface area contributed by atoms with E-state index in [2.05, 4.69) is 25.9 Å². The SMILES string of the molecule is O=C(NCC1CNCC1O)c1nccnc1C(=O)Nc1ccc(Cl)cc1. The highest BCUT2D eigenvalue weighted by Gasteiger charge is 2.26. The predicted molar refractivity (Wildman–Crippen MR) is 96.1 cm³/mol. The zero-order valence-electron chi connectivity index (χ0n) is 13.8. The summed E-state index contributed by atoms with van der Waals surface area (Å²) in [4.78, 5) is 32.8. The Morgan fingerprint density at radius 3 is 2.38 bits per heavy atom. The Morgan fingerprint density at radius 2 is 1.77 bits per heavy atom. The van der Waals surface area contributed by atoms with Gasteiger partial charge in [0.2, 0.25) is 0 Å². The number of aliphatic hydroxyl groups excluding tert-OH is 1. The maximum absolute atomic E-state index is 12.5. The summed E-state index contributed by atoms with van der Waals surface area (Å²) in [6.07, 6.45) is 2.18. The highest BCUT2D eigenvalue weighted by Crippen LogP contribution is 2.15. The summed E-state index contributed by atoms with van der Waals surface area (Å²) in [6, 6.07) is 6.57. The number of carbonyl (C=O) groups excluding carboxylic acids is 2. The molecule has 0 aliphatic carbocycles. The zero-order chi connectivity index (χ0) is 18.5. The summed E-state index contributed by atoms with van der Waals surface area (Å²) in [7, 11) is 0. The van der Waals surface area contributed by atoms with E-state index in [0.29, 0.717) is 23.8 Å². The van der Waals surface area contributed by atoms with E-state index in [0.717, 1.165) is 0 Å². The lowest BCUT2D eigenvalue weighted by Crippen LogP contribution is -2.36. The zero-order valence-corrected chi connectivity index (χ0v) is 14.5. The standard InChI is InChI=1S/C17H18ClN5O3/c18-11-1-3-12(4-2-11)23-17(26)15-14(20-5-6-21-15)16(25)22-8-10-7-19-9-13(10)24/h1-6,10,13,19,24H,7-9H2,(H,22,25)(H,23,26). The van der Waals surface area contributed by atoms with Crippen molar-refractivity contribution in [1.29, 1.82) is 0 Å². The second kappa shape index (κ2) is 8.22. The fraction of sp³-hybridized carbons (Fsp3) is 0.294. The molecule has 1 saturated heterocycles. The second-order valence-electron chi connectivity index (χ2n) is 5.91. The van der Waals surface area contributed by atoms with Crippen LogP contribution >= 0.6 is 11.6 Å². The van der Waals surface area contributed by atoms with Gasteiger partial charge in [0.05, 0.1) is 6.10 Å². The number of nitrogens with zero attached hydrogens (tertiary/aromatic N) is 2. The predicted octanol–water partition coefficient (Wildman–Crippen LogP) is 0.692. The summed E-state index contributed by atoms with van der Waals surface area (Å²) >= 11 is 5.82. The number of hydrogen-bond acceptors (Lipinski definition) is 6. The van der Waals surface area contributed by atoms with Crippen LogP contribution in [0, 0.1) is 5.92 Å². The van der Waals surface area contributed by atoms with Gasteiger partial charge in [0.1, 0.15) is 0 Å². The fourth-order valence-electron chi connectivity index (χ4n) is 2.63. The van der Waals surface area contributed by atoms with E-state index in [9.17, 15) is 14.7 Å². The van der Waals surface area contributed by atoms with E-state index < -0.39 is 17.9 Å². The third-order valence-corrected chi connectivity index (χ3v) is 4.31. The van der Waals surface area contributed by atoms with Crippen molar-refractivity contribution in [3.63, 3.8) is 0 Å². The molecule has 4 N–H and O–H groups in total. The smallest absolute Gasteiger partial charge is 0.276 e. The lowest BCUT2D eigenvalue weighted by atomic mass is 10.1. The van der Waals surface area contributed by atoms with E-state index in [-0.39, 0.29) is 23.9 Å². The monoisotopic (exact) mass is 375 g/mol. The molecule has 2 heterocycles. The molecule has 136 valence electrons. The highest BCUT2D eigenvalue weighted by atomic mass is 35.5. The number of aromatic nitrogens is 2. The van der Waals surface area contributed by atoms with Gasteiger partial charge in [-0.15, -0.1) is 0 Å². The molecule has 0 spiro atoms. The van der Waals surface area contributed by atoms with Gasteiger partial charge in [0.15, 0.2) is 11.4 Å². The molecule has 2 unspecified atom stereocenters. The van der Waals surface area contributed by atoms with Crippen molar-refractivity contribution in [3.05, 3.63) is 53.1 Å². The number of hydrogen-bond donors (Lipinski definition) is 4. The van der Waals surface area contributed by atoms with Crippen molar-refractivity contribution in [1.82, 2.24) is 20.6 Å². The maximum atomic E-state index is 12.5. The van der Waals surface area contributed by atoms with Gasteiger partial charge in [-0.2, -0.15) is 0 Å². The average molecular weight is 376 g/mol. The number of benzene rings is 1. The van der Waals surface area contributed by atoms with Crippen molar-refractivity contribution in [3.8, 4) is 0 Å². The van der Waals surface area contributed by atoms with Crippen LogP contribution in [0.1, 0.15) is 21.0 Å². The van der Waals surface area contributed by atoms with Crippen molar-refractivity contribution in [2.75, 3.05) is 25.0 Å². The third-order valence-electron chi connectivity index (χ3n) is 4.06. The Bertz CT molecular complexity index is 799. The van der Waals surface area contributed by atoms with E-state index in [1.54, 1.807) is 24.3 Å². The molecule has 0 bridgehead atoms. The number of aliphatic hydroxyl groups is 1. The van der Waals surface area contributed by atoms with E-state index in [4.69, 9.17) is 11.6 Å². The van der Waals surface area contributed by atoms with Crippen LogP contribution in [0.2, 0.25) is 5.02 Å². The van der Waals surface area contributed by atoms with Crippen molar-refractivity contribution < 1.29 is 14.7 Å². The number of anilines is 1. The van der Waals surface area contributed by atoms with Crippen LogP contribution in [0.15, 0.2) is 36.7 Å². The van der Waals surface area contributed by atoms with E-state index >= 15 is 0 Å². The molecule has 2 atom stereocenters. The van der Waals surface area contributed by atoms with E-state index in [1.165, 1.54) is 12.4 Å². The number of halogens is 1. The molecular weight excluding hydrogens is 358 g/mol. The largest absolute Gasteiger partial charge is 0.391 e. The molecular formula is C17H18ClN5O3. The maximum Gasteiger partial charge on any atom is 0.276 e. The first kappa shape index (κ1) is 18.2. The van der Waals surface area contributed by atoms with Gasteiger partial charge in [-0.25, -0.2) is 9.97 Å². The lowest BCUT2D eigenvalue weighted by Gasteiger charge is -2.14. The van der Waals surface area contributed by atoms with Crippen LogP contribution in [0.3, 0.4) is 0 Å². The molecule has 3 rings (SSSR count). The number of β-amino-alcohol motifs (C(OH)–C–C–N with tert-alkyl or cyclic N) is 1. The lowest BCUT2D eigenvalue weighted by molar-refractivity contribution is 0.0909. The molecule has 8 nitrogen and oxygen atoms in total. The molecule has 1 fully saturated rings. The van der Waals surface area contributed by atoms with Crippen LogP contribution in [0.4, 0.5) is 5.69 Å². The Kier molecular flexibility index (Phi) is 5.77. The van der Waals surface area contributed by atoms with Crippen LogP contribution in [-0.4, -0.2) is 52.6 Å². The summed E-state index contributed by atoms with van der Waals surface area (Å²) in [6.45, 7) is 1.40. The molecule has 1 aliphatic heterocycles. The quantitative estimate of drug-likeness (QED) is 0.611. The van der Waals surface area contributed by atoms with Crippen molar-refractivity contribution in [2.45, 2.75) is 6.10 Å². The van der Waals surface area contributed by atoms with Crippen LogP contribution in [-0.2, 0) is 0 Å². The van der Waals surface area contributed by atoms with Crippen LogP contribution in [0.25, 0.3) is 0 Å². The Balaban J connectivity index is 1.69. The van der Waals surface area contributed by atoms with Gasteiger partial charge in [-0.1, -0.05) is 11.6 Å². The first-order chi connectivity index (χ1) is 12.5.